The molecule has 0 bridgehead atoms. The van der Waals surface area contributed by atoms with Gasteiger partial charge in [0.2, 0.25) is 11.8 Å². The van der Waals surface area contributed by atoms with Gasteiger partial charge < -0.3 is 9.80 Å². The molecule has 1 aliphatic carbocycles. The summed E-state index contributed by atoms with van der Waals surface area (Å²) in [6.45, 7) is 1.24. The molecule has 2 aliphatic rings. The summed E-state index contributed by atoms with van der Waals surface area (Å²) in [6.07, 6.45) is 5.03. The average Bonchev–Trinajstić information content (AvgIpc) is 2.72. The third-order valence-electron chi connectivity index (χ3n) is 7.03. The molecule has 5 heteroatoms. The molecule has 2 amide bonds. The minimum absolute atomic E-state index is 0.109. The van der Waals surface area contributed by atoms with Gasteiger partial charge >= 0.3 is 0 Å². The van der Waals surface area contributed by atoms with Crippen LogP contribution in [-0.4, -0.2) is 48.8 Å². The fourth-order valence-corrected chi connectivity index (χ4v) is 4.99. The summed E-state index contributed by atoms with van der Waals surface area (Å²) in [4.78, 5) is 29.7. The van der Waals surface area contributed by atoms with Crippen molar-refractivity contribution in [3.8, 4) is 11.1 Å². The van der Waals surface area contributed by atoms with Crippen molar-refractivity contribution in [3.05, 3.63) is 59.9 Å². The Kier molecular flexibility index (Phi) is 6.12. The quantitative estimate of drug-likeness (QED) is 0.710. The first-order chi connectivity index (χ1) is 14.9. The van der Waals surface area contributed by atoms with Gasteiger partial charge in [-0.1, -0.05) is 42.8 Å². The van der Waals surface area contributed by atoms with Gasteiger partial charge in [-0.25, -0.2) is 4.39 Å². The van der Waals surface area contributed by atoms with Crippen molar-refractivity contribution in [2.75, 3.05) is 27.2 Å². The summed E-state index contributed by atoms with van der Waals surface area (Å²) in [5.74, 6) is 0.287. The van der Waals surface area contributed by atoms with E-state index in [1.165, 1.54) is 6.07 Å². The standard InChI is InChI=1S/C26H31FN2O2/c1-28(2)25(31)26(13-15-29(16-14-26)24(30)19-8-5-9-19)18-21-7-3-4-12-23(21)20-10-6-11-22(27)17-20/h3-4,6-7,10-12,17,19H,5,8-9,13-16,18H2,1-2H3. The van der Waals surface area contributed by atoms with Gasteiger partial charge in [-0.3, -0.25) is 9.59 Å². The van der Waals surface area contributed by atoms with Crippen molar-refractivity contribution in [2.45, 2.75) is 38.5 Å². The second-order valence-electron chi connectivity index (χ2n) is 9.28. The summed E-state index contributed by atoms with van der Waals surface area (Å²) in [7, 11) is 3.60. The Labute approximate surface area is 184 Å². The van der Waals surface area contributed by atoms with Crippen LogP contribution in [0.3, 0.4) is 0 Å². The first-order valence-electron chi connectivity index (χ1n) is 11.2. The summed E-state index contributed by atoms with van der Waals surface area (Å²) in [5.41, 5.74) is 2.27. The molecule has 1 saturated heterocycles. The van der Waals surface area contributed by atoms with Crippen molar-refractivity contribution in [3.63, 3.8) is 0 Å². The lowest BCUT2D eigenvalue weighted by Gasteiger charge is -2.44. The van der Waals surface area contributed by atoms with E-state index in [2.05, 4.69) is 0 Å². The lowest BCUT2D eigenvalue weighted by Crippen LogP contribution is -2.52. The van der Waals surface area contributed by atoms with Gasteiger partial charge in [0.15, 0.2) is 0 Å². The van der Waals surface area contributed by atoms with Crippen molar-refractivity contribution >= 4 is 11.8 Å². The molecule has 0 N–H and O–H groups in total. The summed E-state index contributed by atoms with van der Waals surface area (Å²) in [6, 6.07) is 14.6. The highest BCUT2D eigenvalue weighted by Crippen LogP contribution is 2.40. The highest BCUT2D eigenvalue weighted by atomic mass is 19.1. The van der Waals surface area contributed by atoms with E-state index < -0.39 is 5.41 Å². The maximum Gasteiger partial charge on any atom is 0.228 e. The molecule has 2 aromatic carbocycles. The summed E-state index contributed by atoms with van der Waals surface area (Å²) < 4.78 is 13.9. The van der Waals surface area contributed by atoms with Gasteiger partial charge in [0.25, 0.3) is 0 Å². The van der Waals surface area contributed by atoms with E-state index in [9.17, 15) is 14.0 Å². The fourth-order valence-electron chi connectivity index (χ4n) is 4.99. The average molecular weight is 423 g/mol. The van der Waals surface area contributed by atoms with E-state index in [1.54, 1.807) is 31.1 Å². The molecule has 0 atom stereocenters. The smallest absolute Gasteiger partial charge is 0.228 e. The molecule has 0 spiro atoms. The maximum atomic E-state index is 13.9. The normalized spacial score (nSPS) is 18.4. The molecule has 2 fully saturated rings. The molecule has 4 nitrogen and oxygen atoms in total. The van der Waals surface area contributed by atoms with E-state index in [4.69, 9.17) is 0 Å². The van der Waals surface area contributed by atoms with Crippen molar-refractivity contribution in [1.82, 2.24) is 9.80 Å². The number of hydrogen-bond acceptors (Lipinski definition) is 2. The Morgan fingerprint density at radius 1 is 1.06 bits per heavy atom. The Morgan fingerprint density at radius 2 is 1.77 bits per heavy atom. The molecule has 4 rings (SSSR count). The van der Waals surface area contributed by atoms with Crippen LogP contribution in [0.1, 0.15) is 37.7 Å². The third-order valence-corrected chi connectivity index (χ3v) is 7.03. The highest BCUT2D eigenvalue weighted by molar-refractivity contribution is 5.84. The lowest BCUT2D eigenvalue weighted by atomic mass is 9.71. The summed E-state index contributed by atoms with van der Waals surface area (Å²) in [5, 5.41) is 0. The number of carbonyl (C=O) groups is 2. The predicted molar refractivity (Wildman–Crippen MR) is 120 cm³/mol. The Balaban J connectivity index is 1.60. The number of likely N-dealkylation sites (tertiary alicyclic amines) is 1. The first kappa shape index (κ1) is 21.5. The van der Waals surface area contributed by atoms with Crippen LogP contribution in [0, 0.1) is 17.2 Å². The van der Waals surface area contributed by atoms with Gasteiger partial charge in [-0.15, -0.1) is 0 Å². The largest absolute Gasteiger partial charge is 0.348 e. The maximum absolute atomic E-state index is 13.9. The van der Waals surface area contributed by atoms with Gasteiger partial charge in [-0.2, -0.15) is 0 Å². The second-order valence-corrected chi connectivity index (χ2v) is 9.28. The number of piperidine rings is 1. The van der Waals surface area contributed by atoms with Gasteiger partial charge in [-0.05, 0) is 60.9 Å². The molecule has 164 valence electrons. The van der Waals surface area contributed by atoms with E-state index in [1.807, 2.05) is 35.2 Å². The number of benzene rings is 2. The van der Waals surface area contributed by atoms with Gasteiger partial charge in [0.05, 0.1) is 5.41 Å². The molecule has 0 radical (unpaired) electrons. The number of nitrogens with zero attached hydrogens (tertiary/aromatic N) is 2. The molecule has 0 unspecified atom stereocenters. The number of halogens is 1. The molecule has 1 saturated carbocycles. The number of amides is 2. The van der Waals surface area contributed by atoms with Crippen LogP contribution in [0.4, 0.5) is 4.39 Å². The molecule has 31 heavy (non-hydrogen) atoms. The van der Waals surface area contributed by atoms with Crippen molar-refractivity contribution in [1.29, 1.82) is 0 Å². The van der Waals surface area contributed by atoms with E-state index >= 15 is 0 Å². The molecular weight excluding hydrogens is 391 g/mol. The molecule has 1 aliphatic heterocycles. The zero-order valence-corrected chi connectivity index (χ0v) is 18.4. The molecule has 0 aromatic heterocycles. The van der Waals surface area contributed by atoms with Crippen molar-refractivity contribution < 1.29 is 14.0 Å². The topological polar surface area (TPSA) is 40.6 Å². The molecule has 2 aromatic rings. The monoisotopic (exact) mass is 422 g/mol. The Bertz CT molecular complexity index is 959. The molecule has 1 heterocycles. The minimum Gasteiger partial charge on any atom is -0.348 e. The van der Waals surface area contributed by atoms with Crippen LogP contribution >= 0.6 is 0 Å². The summed E-state index contributed by atoms with van der Waals surface area (Å²) >= 11 is 0. The van der Waals surface area contributed by atoms with E-state index in [-0.39, 0.29) is 23.5 Å². The first-order valence-corrected chi connectivity index (χ1v) is 11.2. The van der Waals surface area contributed by atoms with Crippen LogP contribution < -0.4 is 0 Å². The molecular formula is C26H31FN2O2. The third kappa shape index (κ3) is 4.36. The van der Waals surface area contributed by atoms with E-state index in [0.29, 0.717) is 32.4 Å². The number of rotatable bonds is 5. The van der Waals surface area contributed by atoms with E-state index in [0.717, 1.165) is 36.0 Å². The minimum atomic E-state index is -0.552. The Morgan fingerprint density at radius 3 is 2.39 bits per heavy atom. The second kappa shape index (κ2) is 8.81. The van der Waals surface area contributed by atoms with Crippen LogP contribution in [0.15, 0.2) is 48.5 Å². The number of hydrogen-bond donors (Lipinski definition) is 0. The number of carbonyl (C=O) groups excluding carboxylic acids is 2. The van der Waals surface area contributed by atoms with Crippen LogP contribution in [-0.2, 0) is 16.0 Å². The van der Waals surface area contributed by atoms with Gasteiger partial charge in [0, 0.05) is 33.1 Å². The highest BCUT2D eigenvalue weighted by Gasteiger charge is 2.44. The zero-order chi connectivity index (χ0) is 22.0. The predicted octanol–water partition coefficient (Wildman–Crippen LogP) is 4.53. The van der Waals surface area contributed by atoms with Gasteiger partial charge in [0.1, 0.15) is 5.82 Å². The van der Waals surface area contributed by atoms with Crippen molar-refractivity contribution in [2.24, 2.45) is 11.3 Å². The lowest BCUT2D eigenvalue weighted by molar-refractivity contribution is -0.148. The van der Waals surface area contributed by atoms with Crippen LogP contribution in [0.25, 0.3) is 11.1 Å². The Hall–Kier alpha value is -2.69. The fraction of sp³-hybridized carbons (Fsp3) is 0.462. The zero-order valence-electron chi connectivity index (χ0n) is 18.4. The van der Waals surface area contributed by atoms with Crippen LogP contribution in [0.5, 0.6) is 0 Å². The van der Waals surface area contributed by atoms with Crippen LogP contribution in [0.2, 0.25) is 0 Å². The SMILES string of the molecule is CN(C)C(=O)C1(Cc2ccccc2-c2cccc(F)c2)CCN(C(=O)C2CCC2)CC1.